The lowest BCUT2D eigenvalue weighted by Crippen LogP contribution is -2.38. The summed E-state index contributed by atoms with van der Waals surface area (Å²) in [4.78, 5) is 38.0. The monoisotopic (exact) mass is 682 g/mol. The number of halogens is 7. The number of rotatable bonds is 8. The second-order valence-corrected chi connectivity index (χ2v) is 11.0. The Bertz CT molecular complexity index is 1510. The molecular weight excluding hydrogens is 649 g/mol. The quantitative estimate of drug-likeness (QED) is 0.300. The minimum Gasteiger partial charge on any atom is -0.375 e. The van der Waals surface area contributed by atoms with E-state index in [1.165, 1.54) is 24.0 Å². The number of hydrogen-bond donors (Lipinski definition) is 3. The largest absolute Gasteiger partial charge is 0.408 e. The molecule has 4 heterocycles. The van der Waals surface area contributed by atoms with E-state index in [1.54, 1.807) is 6.07 Å². The Morgan fingerprint density at radius 2 is 1.85 bits per heavy atom. The molecule has 0 bridgehead atoms. The molecule has 2 fully saturated rings. The molecule has 0 spiro atoms. The van der Waals surface area contributed by atoms with Crippen molar-refractivity contribution < 1.29 is 54.5 Å². The molecule has 5 rings (SSSR count). The van der Waals surface area contributed by atoms with Crippen molar-refractivity contribution in [2.24, 2.45) is 11.7 Å². The van der Waals surface area contributed by atoms with E-state index in [1.807, 2.05) is 5.32 Å². The zero-order valence-corrected chi connectivity index (χ0v) is 25.3. The maximum atomic E-state index is 13.5. The van der Waals surface area contributed by atoms with Crippen LogP contribution < -0.4 is 16.4 Å². The van der Waals surface area contributed by atoms with Crippen LogP contribution in [0.3, 0.4) is 0 Å². The van der Waals surface area contributed by atoms with Crippen molar-refractivity contribution >= 4 is 23.4 Å². The minimum absolute atomic E-state index is 0.0139. The van der Waals surface area contributed by atoms with Crippen LogP contribution in [0.15, 0.2) is 23.1 Å². The van der Waals surface area contributed by atoms with Crippen molar-refractivity contribution in [3.63, 3.8) is 0 Å². The van der Waals surface area contributed by atoms with Crippen molar-refractivity contribution in [1.29, 1.82) is 0 Å². The number of primary amides is 1. The number of alkyl halides is 7. The van der Waals surface area contributed by atoms with Gasteiger partial charge in [-0.3, -0.25) is 14.4 Å². The first-order valence-corrected chi connectivity index (χ1v) is 14.2. The molecule has 1 saturated carbocycles. The smallest absolute Gasteiger partial charge is 0.375 e. The van der Waals surface area contributed by atoms with Gasteiger partial charge in [-0.2, -0.15) is 27.1 Å². The fraction of sp³-hybridized carbons (Fsp3) is 0.593. The fourth-order valence-corrected chi connectivity index (χ4v) is 4.67. The summed E-state index contributed by atoms with van der Waals surface area (Å²) in [5.41, 5.74) is 4.25. The van der Waals surface area contributed by atoms with Gasteiger partial charge in [0.25, 0.3) is 11.8 Å². The lowest BCUT2D eigenvalue weighted by Gasteiger charge is -2.20. The first kappa shape index (κ1) is 37.1. The van der Waals surface area contributed by atoms with Gasteiger partial charge in [0.15, 0.2) is 11.3 Å². The summed E-state index contributed by atoms with van der Waals surface area (Å²) in [7, 11) is 1.42. The first-order chi connectivity index (χ1) is 21.9. The average Bonchev–Trinajstić information content (AvgIpc) is 3.70. The summed E-state index contributed by atoms with van der Waals surface area (Å²) in [5, 5.41) is 14.7. The molecule has 2 unspecified atom stereocenters. The predicted molar refractivity (Wildman–Crippen MR) is 147 cm³/mol. The number of carbonyl (C=O) groups is 3. The zero-order chi connectivity index (χ0) is 35.0. The Kier molecular flexibility index (Phi) is 12.2. The number of nitrogens with zero attached hydrogens (tertiary/aromatic N) is 5. The lowest BCUT2D eigenvalue weighted by atomic mass is 9.97. The molecule has 20 heteroatoms. The van der Waals surface area contributed by atoms with E-state index in [4.69, 9.17) is 0 Å². The molecule has 1 saturated heterocycles. The fourth-order valence-electron chi connectivity index (χ4n) is 4.67. The summed E-state index contributed by atoms with van der Waals surface area (Å²) < 4.78 is 99.7. The highest BCUT2D eigenvalue weighted by atomic mass is 19.4. The van der Waals surface area contributed by atoms with Crippen molar-refractivity contribution in [2.45, 2.75) is 82.5 Å². The Hall–Kier alpha value is -4.36. The Labute approximate surface area is 262 Å². The molecule has 1 aliphatic carbocycles. The van der Waals surface area contributed by atoms with E-state index >= 15 is 0 Å². The predicted octanol–water partition coefficient (Wildman–Crippen LogP) is 3.47. The topological polar surface area (TPSA) is 180 Å². The van der Waals surface area contributed by atoms with Crippen LogP contribution in [0.25, 0.3) is 5.65 Å². The summed E-state index contributed by atoms with van der Waals surface area (Å²) in [5.74, 6) is -8.65. The summed E-state index contributed by atoms with van der Waals surface area (Å²) >= 11 is 0. The molecule has 260 valence electrons. The van der Waals surface area contributed by atoms with Gasteiger partial charge in [-0.25, -0.2) is 22.9 Å². The zero-order valence-electron chi connectivity index (χ0n) is 25.3. The van der Waals surface area contributed by atoms with Gasteiger partial charge in [-0.15, -0.1) is 0 Å². The average molecular weight is 683 g/mol. The molecule has 2 atom stereocenters. The van der Waals surface area contributed by atoms with Crippen LogP contribution in [0, 0.1) is 5.92 Å². The van der Waals surface area contributed by atoms with Gasteiger partial charge < -0.3 is 21.1 Å². The van der Waals surface area contributed by atoms with Crippen molar-refractivity contribution in [1.82, 2.24) is 35.5 Å². The van der Waals surface area contributed by atoms with E-state index in [2.05, 4.69) is 40.8 Å². The maximum Gasteiger partial charge on any atom is 0.408 e. The first-order valence-electron chi connectivity index (χ1n) is 14.2. The van der Waals surface area contributed by atoms with Crippen molar-refractivity contribution in [3.05, 3.63) is 41.1 Å². The van der Waals surface area contributed by atoms with Crippen LogP contribution >= 0.6 is 0 Å². The van der Waals surface area contributed by atoms with Crippen LogP contribution in [-0.4, -0.2) is 74.5 Å². The van der Waals surface area contributed by atoms with E-state index in [0.717, 1.165) is 6.42 Å². The molecule has 47 heavy (non-hydrogen) atoms. The third-order valence-corrected chi connectivity index (χ3v) is 6.93. The highest BCUT2D eigenvalue weighted by molar-refractivity contribution is 5.93. The van der Waals surface area contributed by atoms with E-state index in [0.29, 0.717) is 36.7 Å². The third-order valence-electron chi connectivity index (χ3n) is 6.93. The van der Waals surface area contributed by atoms with Crippen LogP contribution in [0.5, 0.6) is 0 Å². The number of carbonyl (C=O) groups excluding carboxylic acids is 3. The number of nitrogens with one attached hydrogen (secondary N) is 2. The molecule has 2 aliphatic rings. The number of aromatic nitrogens is 5. The van der Waals surface area contributed by atoms with Gasteiger partial charge in [0.05, 0.1) is 24.6 Å². The van der Waals surface area contributed by atoms with Gasteiger partial charge >= 0.3 is 6.18 Å². The second kappa shape index (κ2) is 15.5. The minimum atomic E-state index is -4.51. The van der Waals surface area contributed by atoms with E-state index in [-0.39, 0.29) is 38.8 Å². The molecular formula is C27H33F7N8O5. The summed E-state index contributed by atoms with van der Waals surface area (Å²) in [6, 6.07) is -0.314. The molecule has 4 N–H and O–H groups in total. The van der Waals surface area contributed by atoms with Crippen molar-refractivity contribution in [3.8, 4) is 0 Å². The Balaban J connectivity index is 0.000000355. The summed E-state index contributed by atoms with van der Waals surface area (Å²) in [6.45, 7) is 0.407. The van der Waals surface area contributed by atoms with Crippen LogP contribution in [0.4, 0.5) is 30.7 Å². The molecule has 3 aromatic heterocycles. The van der Waals surface area contributed by atoms with Crippen LogP contribution in [-0.2, 0) is 33.2 Å². The molecule has 3 aromatic rings. The number of amides is 3. The van der Waals surface area contributed by atoms with Gasteiger partial charge in [0.1, 0.15) is 12.6 Å². The number of fused-ring (bicyclic) bond motifs is 1. The maximum absolute atomic E-state index is 13.5. The van der Waals surface area contributed by atoms with Gasteiger partial charge in [0.2, 0.25) is 23.4 Å². The second-order valence-electron chi connectivity index (χ2n) is 11.0. The Morgan fingerprint density at radius 3 is 2.36 bits per heavy atom. The number of hydrogen-bond acceptors (Lipinski definition) is 9. The molecule has 3 amide bonds. The van der Waals surface area contributed by atoms with Crippen LogP contribution in [0.1, 0.15) is 72.9 Å². The van der Waals surface area contributed by atoms with E-state index in [9.17, 15) is 45.1 Å². The molecule has 0 radical (unpaired) electrons. The SMILES string of the molecule is CC(F)(F)c1nonc1C(=O)NCc1cn2ncc(CC3CC(C(F)(F)F)NC3=O)cc2n1.COCC(N)=O.FC1(F)CCCCC1. The number of imidazole rings is 1. The molecule has 0 aromatic carbocycles. The number of nitrogens with two attached hydrogens (primary N) is 1. The van der Waals surface area contributed by atoms with E-state index < -0.39 is 59.1 Å². The highest BCUT2D eigenvalue weighted by Gasteiger charge is 2.47. The highest BCUT2D eigenvalue weighted by Crippen LogP contribution is 2.33. The summed E-state index contributed by atoms with van der Waals surface area (Å²) in [6.07, 6.45) is 0.711. The van der Waals surface area contributed by atoms with Gasteiger partial charge in [0, 0.05) is 32.8 Å². The molecule has 13 nitrogen and oxygen atoms in total. The standard InChI is InChI=1S/C18H16F5N7O3.C6H10F2.C3H7NO2/c1-17(19,20)14-13(28-33-29-14)16(32)24-6-10-7-30-12(26-10)3-8(5-25-30)2-9-4-11(18(21,22)23)27-15(9)31;7-6(8)4-2-1-3-5-6;1-6-2-3(4)5/h3,5,7,9,11H,2,4,6H2,1H3,(H,24,32)(H,27,31);1-5H2;2H2,1H3,(H2,4,5). The molecule has 1 aliphatic heterocycles. The number of ether oxygens (including phenoxy) is 1. The Morgan fingerprint density at radius 1 is 1.17 bits per heavy atom. The van der Waals surface area contributed by atoms with Gasteiger partial charge in [-0.05, 0) is 47.6 Å². The number of methoxy groups -OCH3 is 1. The van der Waals surface area contributed by atoms with Gasteiger partial charge in [-0.1, -0.05) is 6.42 Å². The lowest BCUT2D eigenvalue weighted by molar-refractivity contribution is -0.154. The van der Waals surface area contributed by atoms with Crippen molar-refractivity contribution in [2.75, 3.05) is 13.7 Å². The third kappa shape index (κ3) is 11.1. The normalized spacial score (nSPS) is 19.2. The van der Waals surface area contributed by atoms with Crippen LogP contribution in [0.2, 0.25) is 0 Å².